The van der Waals surface area contributed by atoms with Crippen molar-refractivity contribution < 1.29 is 15.0 Å². The molecule has 0 spiro atoms. The van der Waals surface area contributed by atoms with Gasteiger partial charge in [-0.05, 0) is 38.5 Å². The van der Waals surface area contributed by atoms with E-state index < -0.39 is 12.1 Å². The molecule has 0 fully saturated rings. The van der Waals surface area contributed by atoms with E-state index in [9.17, 15) is 9.90 Å². The third-order valence-electron chi connectivity index (χ3n) is 3.32. The molecular formula is C20H32O3. The first kappa shape index (κ1) is 21.4. The van der Waals surface area contributed by atoms with Crippen molar-refractivity contribution in [2.24, 2.45) is 0 Å². The Labute approximate surface area is 141 Å². The van der Waals surface area contributed by atoms with Crippen molar-refractivity contribution in [2.75, 3.05) is 0 Å². The molecule has 0 saturated carbocycles. The van der Waals surface area contributed by atoms with Crippen molar-refractivity contribution in [1.82, 2.24) is 0 Å². The summed E-state index contributed by atoms with van der Waals surface area (Å²) in [5.74, 6) is -0.816. The van der Waals surface area contributed by atoms with Crippen molar-refractivity contribution in [1.29, 1.82) is 0 Å². The van der Waals surface area contributed by atoms with Crippen LogP contribution in [0.5, 0.6) is 0 Å². The molecule has 0 aliphatic rings. The molecule has 1 atom stereocenters. The van der Waals surface area contributed by atoms with E-state index in [1.165, 1.54) is 25.7 Å². The lowest BCUT2D eigenvalue weighted by Crippen LogP contribution is -2.03. The second kappa shape index (κ2) is 16.8. The van der Waals surface area contributed by atoms with Gasteiger partial charge in [-0.1, -0.05) is 68.4 Å². The largest absolute Gasteiger partial charge is 0.481 e. The Kier molecular flexibility index (Phi) is 15.6. The number of carboxylic acids is 1. The molecule has 23 heavy (non-hydrogen) atoms. The molecule has 0 aromatic carbocycles. The summed E-state index contributed by atoms with van der Waals surface area (Å²) >= 11 is 0. The minimum atomic E-state index is -0.816. The maximum absolute atomic E-state index is 10.3. The van der Waals surface area contributed by atoms with Crippen LogP contribution < -0.4 is 0 Å². The molecule has 3 nitrogen and oxygen atoms in total. The molecule has 0 saturated heterocycles. The van der Waals surface area contributed by atoms with Gasteiger partial charge in [-0.25, -0.2) is 0 Å². The normalized spacial score (nSPS) is 13.8. The van der Waals surface area contributed by atoms with Crippen molar-refractivity contribution in [3.05, 3.63) is 48.6 Å². The Morgan fingerprint density at radius 2 is 1.65 bits per heavy atom. The molecular weight excluding hydrogens is 288 g/mol. The van der Waals surface area contributed by atoms with Crippen LogP contribution in [0.2, 0.25) is 0 Å². The zero-order valence-corrected chi connectivity index (χ0v) is 14.4. The van der Waals surface area contributed by atoms with Gasteiger partial charge in [0.1, 0.15) is 0 Å². The average Bonchev–Trinajstić information content (AvgIpc) is 2.51. The van der Waals surface area contributed by atoms with Gasteiger partial charge in [-0.3, -0.25) is 4.79 Å². The topological polar surface area (TPSA) is 57.5 Å². The van der Waals surface area contributed by atoms with Gasteiger partial charge in [0.25, 0.3) is 0 Å². The summed E-state index contributed by atoms with van der Waals surface area (Å²) in [6, 6.07) is 0. The predicted octanol–water partition coefficient (Wildman–Crippen LogP) is 5.19. The number of aliphatic hydroxyl groups is 1. The number of hydrogen-bond donors (Lipinski definition) is 2. The van der Waals surface area contributed by atoms with Gasteiger partial charge in [0.05, 0.1) is 6.10 Å². The van der Waals surface area contributed by atoms with Crippen molar-refractivity contribution in [3.63, 3.8) is 0 Å². The van der Waals surface area contributed by atoms with Gasteiger partial charge in [-0.2, -0.15) is 0 Å². The summed E-state index contributed by atoms with van der Waals surface area (Å²) in [6.07, 6.45) is 23.6. The fourth-order valence-corrected chi connectivity index (χ4v) is 1.98. The Morgan fingerprint density at radius 1 is 0.957 bits per heavy atom. The lowest BCUT2D eigenvalue weighted by atomic mass is 10.1. The van der Waals surface area contributed by atoms with E-state index in [-0.39, 0.29) is 6.42 Å². The number of aliphatic hydroxyl groups excluding tert-OH is 1. The average molecular weight is 320 g/mol. The minimum Gasteiger partial charge on any atom is -0.481 e. The van der Waals surface area contributed by atoms with E-state index in [1.54, 1.807) is 6.08 Å². The van der Waals surface area contributed by atoms with Crippen LogP contribution in [0.15, 0.2) is 48.6 Å². The minimum absolute atomic E-state index is 0.110. The molecule has 0 aromatic rings. The highest BCUT2D eigenvalue weighted by Gasteiger charge is 2.01. The fraction of sp³-hybridized carbons (Fsp3) is 0.550. The quantitative estimate of drug-likeness (QED) is 0.263. The fourth-order valence-electron chi connectivity index (χ4n) is 1.98. The molecule has 0 unspecified atom stereocenters. The van der Waals surface area contributed by atoms with Gasteiger partial charge >= 0.3 is 5.97 Å². The van der Waals surface area contributed by atoms with Crippen LogP contribution in [0.4, 0.5) is 0 Å². The number of unbranched alkanes of at least 4 members (excludes halogenated alkanes) is 3. The van der Waals surface area contributed by atoms with Crippen LogP contribution in [0.3, 0.4) is 0 Å². The second-order valence-corrected chi connectivity index (χ2v) is 5.58. The maximum atomic E-state index is 10.3. The molecule has 0 bridgehead atoms. The van der Waals surface area contributed by atoms with Gasteiger partial charge < -0.3 is 10.2 Å². The molecule has 0 amide bonds. The van der Waals surface area contributed by atoms with Gasteiger partial charge in [0.15, 0.2) is 0 Å². The first-order valence-corrected chi connectivity index (χ1v) is 8.70. The highest BCUT2D eigenvalue weighted by Crippen LogP contribution is 2.03. The number of aliphatic carboxylic acids is 1. The lowest BCUT2D eigenvalue weighted by Gasteiger charge is -2.02. The molecule has 0 rings (SSSR count). The van der Waals surface area contributed by atoms with E-state index >= 15 is 0 Å². The standard InChI is InChI=1S/C20H32O3/c1-2-3-4-5-6-7-8-9-10-11-12-13-14-16-19(21)17-15-18-20(22)23/h6-7,9-10,12-14,16,19,21H,2-5,8,11,15,17-18H2,1H3,(H,22,23)/b7-6-,10-9?,13-12?,16-14+/t19-/m1/s1. The third kappa shape index (κ3) is 18.3. The molecule has 0 aromatic heterocycles. The monoisotopic (exact) mass is 320 g/mol. The van der Waals surface area contributed by atoms with Crippen molar-refractivity contribution in [3.8, 4) is 0 Å². The lowest BCUT2D eigenvalue weighted by molar-refractivity contribution is -0.137. The van der Waals surface area contributed by atoms with Gasteiger partial charge in [-0.15, -0.1) is 0 Å². The Morgan fingerprint density at radius 3 is 2.35 bits per heavy atom. The highest BCUT2D eigenvalue weighted by atomic mass is 16.4. The smallest absolute Gasteiger partial charge is 0.303 e. The number of rotatable bonds is 14. The maximum Gasteiger partial charge on any atom is 0.303 e. The zero-order valence-electron chi connectivity index (χ0n) is 14.4. The summed E-state index contributed by atoms with van der Waals surface area (Å²) in [6.45, 7) is 2.22. The van der Waals surface area contributed by atoms with E-state index in [4.69, 9.17) is 5.11 Å². The summed E-state index contributed by atoms with van der Waals surface area (Å²) in [7, 11) is 0. The molecule has 0 aliphatic carbocycles. The van der Waals surface area contributed by atoms with Crippen LogP contribution in [0.25, 0.3) is 0 Å². The Balaban J connectivity index is 3.59. The van der Waals surface area contributed by atoms with Crippen LogP contribution in [0, 0.1) is 0 Å². The molecule has 0 aliphatic heterocycles. The summed E-state index contributed by atoms with van der Waals surface area (Å²) < 4.78 is 0. The van der Waals surface area contributed by atoms with Crippen LogP contribution in [-0.4, -0.2) is 22.3 Å². The molecule has 2 N–H and O–H groups in total. The number of carbonyl (C=O) groups is 1. The van der Waals surface area contributed by atoms with Gasteiger partial charge in [0, 0.05) is 6.42 Å². The SMILES string of the molecule is CCCCC/C=C\CC=CCC=C/C=C/[C@@H](O)CCCC(=O)O. The predicted molar refractivity (Wildman–Crippen MR) is 97.4 cm³/mol. The highest BCUT2D eigenvalue weighted by molar-refractivity contribution is 5.66. The molecule has 0 heterocycles. The van der Waals surface area contributed by atoms with Crippen LogP contribution in [-0.2, 0) is 4.79 Å². The molecule has 3 heteroatoms. The summed E-state index contributed by atoms with van der Waals surface area (Å²) in [5.41, 5.74) is 0. The number of hydrogen-bond acceptors (Lipinski definition) is 2. The van der Waals surface area contributed by atoms with Crippen molar-refractivity contribution >= 4 is 5.97 Å². The molecule has 0 radical (unpaired) electrons. The Bertz CT molecular complexity index is 392. The third-order valence-corrected chi connectivity index (χ3v) is 3.32. The first-order valence-electron chi connectivity index (χ1n) is 8.70. The van der Waals surface area contributed by atoms with Crippen molar-refractivity contribution in [2.45, 2.75) is 70.8 Å². The first-order chi connectivity index (χ1) is 11.2. The van der Waals surface area contributed by atoms with E-state index in [1.807, 2.05) is 18.2 Å². The number of allylic oxidation sites excluding steroid dienone is 7. The second-order valence-electron chi connectivity index (χ2n) is 5.58. The summed E-state index contributed by atoms with van der Waals surface area (Å²) in [5, 5.41) is 18.1. The Hall–Kier alpha value is -1.61. The van der Waals surface area contributed by atoms with Crippen LogP contribution in [0.1, 0.15) is 64.7 Å². The molecule has 130 valence electrons. The van der Waals surface area contributed by atoms with Gasteiger partial charge in [0.2, 0.25) is 0 Å². The summed E-state index contributed by atoms with van der Waals surface area (Å²) in [4.78, 5) is 10.3. The van der Waals surface area contributed by atoms with Crippen LogP contribution >= 0.6 is 0 Å². The number of carboxylic acid groups (broad SMARTS) is 1. The van der Waals surface area contributed by atoms with E-state index in [0.717, 1.165) is 12.8 Å². The zero-order chi connectivity index (χ0) is 17.2. The van der Waals surface area contributed by atoms with E-state index in [2.05, 4.69) is 31.2 Å². The van der Waals surface area contributed by atoms with E-state index in [0.29, 0.717) is 12.8 Å².